The van der Waals surface area contributed by atoms with Crippen LogP contribution in [0.2, 0.25) is 0 Å². The molecule has 0 fully saturated rings. The summed E-state index contributed by atoms with van der Waals surface area (Å²) in [6, 6.07) is 10.5. The Morgan fingerprint density at radius 3 is 2.66 bits per heavy atom. The second-order valence-electron chi connectivity index (χ2n) is 8.62. The van der Waals surface area contributed by atoms with Crippen LogP contribution in [0.25, 0.3) is 44.0 Å². The van der Waals surface area contributed by atoms with Crippen LogP contribution in [0.3, 0.4) is 0 Å². The van der Waals surface area contributed by atoms with E-state index >= 15 is 0 Å². The lowest BCUT2D eigenvalue weighted by molar-refractivity contribution is 0.551. The number of hydrogen-bond donors (Lipinski definition) is 1. The van der Waals surface area contributed by atoms with Gasteiger partial charge in [0.1, 0.15) is 10.5 Å². The zero-order valence-corrected chi connectivity index (χ0v) is 20.0. The maximum Gasteiger partial charge on any atom is 0.333 e. The van der Waals surface area contributed by atoms with Crippen LogP contribution in [0.4, 0.5) is 3.89 Å². The highest BCUT2D eigenvalue weighted by molar-refractivity contribution is 7.86. The van der Waals surface area contributed by atoms with Crippen molar-refractivity contribution in [1.29, 1.82) is 0 Å². The number of nitrogens with zero attached hydrogens (tertiary/aromatic N) is 2. The van der Waals surface area contributed by atoms with E-state index in [1.54, 1.807) is 6.07 Å². The second-order valence-corrected chi connectivity index (χ2v) is 9.97. The highest BCUT2D eigenvalue weighted by atomic mass is 32.3. The van der Waals surface area contributed by atoms with Gasteiger partial charge in [-0.15, -0.1) is 10.3 Å². The van der Waals surface area contributed by atoms with Gasteiger partial charge in [-0.1, -0.05) is 25.3 Å². The monoisotopic (exact) mass is 487 g/mol. The summed E-state index contributed by atoms with van der Waals surface area (Å²) in [5.41, 5.74) is 4.68. The predicted molar refractivity (Wildman–Crippen MR) is 137 cm³/mol. The predicted octanol–water partition coefficient (Wildman–Crippen LogP) is 5.45. The van der Waals surface area contributed by atoms with Gasteiger partial charge >= 0.3 is 10.2 Å². The first kappa shape index (κ1) is 22.8. The van der Waals surface area contributed by atoms with Crippen LogP contribution < -0.4 is 5.43 Å². The summed E-state index contributed by atoms with van der Waals surface area (Å²) < 4.78 is 38.6. The van der Waals surface area contributed by atoms with Crippen LogP contribution in [0, 0.1) is 19.3 Å². The maximum absolute atomic E-state index is 13.7. The molecule has 0 aliphatic heterocycles. The molecule has 0 saturated carbocycles. The van der Waals surface area contributed by atoms with E-state index in [2.05, 4.69) is 27.4 Å². The quantitative estimate of drug-likeness (QED) is 0.264. The number of pyridine rings is 2. The average Bonchev–Trinajstić information content (AvgIpc) is 3.22. The Hall–Kier alpha value is -3.96. The summed E-state index contributed by atoms with van der Waals surface area (Å²) in [6.45, 7) is 4.59. The molecule has 3 heterocycles. The van der Waals surface area contributed by atoms with Gasteiger partial charge in [0.25, 0.3) is 0 Å². The summed E-state index contributed by atoms with van der Waals surface area (Å²) >= 11 is 0. The molecule has 0 amide bonds. The summed E-state index contributed by atoms with van der Waals surface area (Å²) in [5.74, 6) is 2.63. The minimum absolute atomic E-state index is 0.102. The largest absolute Gasteiger partial charge is 0.340 e. The molecule has 0 aliphatic rings. The second kappa shape index (κ2) is 8.36. The van der Waals surface area contributed by atoms with Crippen LogP contribution in [0.5, 0.6) is 0 Å². The lowest BCUT2D eigenvalue weighted by Gasteiger charge is -2.16. The van der Waals surface area contributed by atoms with E-state index in [4.69, 9.17) is 6.42 Å². The van der Waals surface area contributed by atoms with Crippen LogP contribution in [0.15, 0.2) is 58.5 Å². The number of halogens is 1. The van der Waals surface area contributed by atoms with E-state index in [0.717, 1.165) is 41.1 Å². The first-order chi connectivity index (χ1) is 16.7. The van der Waals surface area contributed by atoms with E-state index in [0.29, 0.717) is 39.6 Å². The highest BCUT2D eigenvalue weighted by Crippen LogP contribution is 2.32. The van der Waals surface area contributed by atoms with Crippen molar-refractivity contribution in [2.24, 2.45) is 0 Å². The summed E-state index contributed by atoms with van der Waals surface area (Å²) in [6.07, 6.45) is 9.88. The zero-order chi connectivity index (χ0) is 24.9. The number of terminal acetylenes is 1. The van der Waals surface area contributed by atoms with Gasteiger partial charge in [-0.2, -0.15) is 8.42 Å². The van der Waals surface area contributed by atoms with Crippen molar-refractivity contribution >= 4 is 43.1 Å². The molecule has 176 valence electrons. The molecule has 0 saturated heterocycles. The molecule has 8 heteroatoms. The SMILES string of the molecule is C#Cc1ccc2c(c1)[nH]c1c2c(=O)c2cc(C)c(-c3cncc(S(=O)(=O)F)c3)cc2n1CCCC. The number of aromatic nitrogens is 3. The third-order valence-electron chi connectivity index (χ3n) is 6.36. The number of H-pyrrole nitrogens is 1. The molecule has 0 unspecified atom stereocenters. The molecule has 6 nitrogen and oxygen atoms in total. The standard InChI is InChI=1S/C27H22FN3O3S/c1-4-6-9-31-24-13-21(18-12-19(15-29-14-18)35(28,33)34)16(3)10-22(24)26(32)25-20-8-7-17(5-2)11-23(20)30-27(25)31/h2,7-8,10-15,30H,4,6,9H2,1,3H3. The molecule has 1 N–H and O–H groups in total. The number of rotatable bonds is 5. The Balaban J connectivity index is 1.88. The molecule has 2 aromatic carbocycles. The Kier molecular flexibility index (Phi) is 5.45. The fraction of sp³-hybridized carbons (Fsp3) is 0.185. The molecule has 0 aliphatic carbocycles. The van der Waals surface area contributed by atoms with Crippen LogP contribution in [-0.2, 0) is 16.8 Å². The van der Waals surface area contributed by atoms with Gasteiger partial charge in [-0.3, -0.25) is 9.78 Å². The summed E-state index contributed by atoms with van der Waals surface area (Å²) in [5, 5.41) is 1.97. The third-order valence-corrected chi connectivity index (χ3v) is 7.15. The molecule has 0 atom stereocenters. The number of fused-ring (bicyclic) bond motifs is 4. The number of hydrogen-bond acceptors (Lipinski definition) is 4. The fourth-order valence-corrected chi connectivity index (χ4v) is 5.08. The zero-order valence-electron chi connectivity index (χ0n) is 19.2. The summed E-state index contributed by atoms with van der Waals surface area (Å²) in [7, 11) is -4.90. The van der Waals surface area contributed by atoms with Gasteiger partial charge in [0.15, 0.2) is 5.43 Å². The average molecular weight is 488 g/mol. The number of unbranched alkanes of at least 4 members (excludes halogenated alkanes) is 1. The Bertz CT molecular complexity index is 1860. The number of nitrogens with one attached hydrogen (secondary N) is 1. The third kappa shape index (κ3) is 3.78. The molecule has 5 aromatic rings. The van der Waals surface area contributed by atoms with E-state index in [-0.39, 0.29) is 5.43 Å². The lowest BCUT2D eigenvalue weighted by atomic mass is 9.98. The van der Waals surface area contributed by atoms with Crippen LogP contribution >= 0.6 is 0 Å². The smallest absolute Gasteiger partial charge is 0.333 e. The minimum atomic E-state index is -4.90. The van der Waals surface area contributed by atoms with Gasteiger partial charge in [0, 0.05) is 46.4 Å². The number of aromatic amines is 1. The molecular formula is C27H22FN3O3S. The molecular weight excluding hydrogens is 465 g/mol. The van der Waals surface area contributed by atoms with Crippen LogP contribution in [-0.4, -0.2) is 23.0 Å². The van der Waals surface area contributed by atoms with Crippen molar-refractivity contribution in [2.75, 3.05) is 0 Å². The highest BCUT2D eigenvalue weighted by Gasteiger charge is 2.19. The van der Waals surface area contributed by atoms with Gasteiger partial charge in [-0.05, 0) is 54.8 Å². The van der Waals surface area contributed by atoms with Gasteiger partial charge in [0.05, 0.1) is 10.9 Å². The lowest BCUT2D eigenvalue weighted by Crippen LogP contribution is -2.12. The maximum atomic E-state index is 13.7. The molecule has 0 spiro atoms. The van der Waals surface area contributed by atoms with Crippen molar-refractivity contribution in [3.63, 3.8) is 0 Å². The molecule has 3 aromatic heterocycles. The summed E-state index contributed by atoms with van der Waals surface area (Å²) in [4.78, 5) is 20.5. The van der Waals surface area contributed by atoms with E-state index < -0.39 is 15.1 Å². The van der Waals surface area contributed by atoms with Crippen molar-refractivity contribution in [3.05, 3.63) is 70.1 Å². The first-order valence-electron chi connectivity index (χ1n) is 11.2. The normalized spacial score (nSPS) is 11.9. The fourth-order valence-electron chi connectivity index (χ4n) is 4.62. The van der Waals surface area contributed by atoms with E-state index in [1.165, 1.54) is 12.3 Å². The van der Waals surface area contributed by atoms with Gasteiger partial charge in [-0.25, -0.2) is 0 Å². The van der Waals surface area contributed by atoms with Gasteiger partial charge < -0.3 is 9.55 Å². The molecule has 0 radical (unpaired) electrons. The van der Waals surface area contributed by atoms with E-state index in [9.17, 15) is 17.1 Å². The first-order valence-corrected chi connectivity index (χ1v) is 12.6. The molecule has 35 heavy (non-hydrogen) atoms. The number of benzene rings is 2. The van der Waals surface area contributed by atoms with Gasteiger partial charge in [0.2, 0.25) is 0 Å². The van der Waals surface area contributed by atoms with Crippen molar-refractivity contribution in [3.8, 4) is 23.5 Å². The van der Waals surface area contributed by atoms with Crippen molar-refractivity contribution < 1.29 is 12.3 Å². The Morgan fingerprint density at radius 2 is 1.94 bits per heavy atom. The van der Waals surface area contributed by atoms with E-state index in [1.807, 2.05) is 31.2 Å². The Morgan fingerprint density at radius 1 is 1.14 bits per heavy atom. The Labute approximate surface area is 201 Å². The van der Waals surface area contributed by atoms with Crippen molar-refractivity contribution in [1.82, 2.24) is 14.5 Å². The molecule has 0 bridgehead atoms. The topological polar surface area (TPSA) is 84.8 Å². The van der Waals surface area contributed by atoms with Crippen molar-refractivity contribution in [2.45, 2.75) is 38.1 Å². The van der Waals surface area contributed by atoms with Crippen LogP contribution in [0.1, 0.15) is 30.9 Å². The molecule has 5 rings (SSSR count). The number of aryl methyl sites for hydroxylation is 2. The minimum Gasteiger partial charge on any atom is -0.340 e.